The summed E-state index contributed by atoms with van der Waals surface area (Å²) in [5, 5.41) is 1.19. The molecule has 0 N–H and O–H groups in total. The summed E-state index contributed by atoms with van der Waals surface area (Å²) in [6, 6.07) is 3.48. The summed E-state index contributed by atoms with van der Waals surface area (Å²) < 4.78 is 6.07. The Bertz CT molecular complexity index is 508. The third-order valence-electron chi connectivity index (χ3n) is 4.68. The van der Waals surface area contributed by atoms with Gasteiger partial charge in [0.25, 0.3) is 5.91 Å². The first-order valence-electron chi connectivity index (χ1n) is 7.61. The molecular formula is C16H22N2O3. The molecular weight excluding hydrogens is 268 g/mol. The van der Waals surface area contributed by atoms with Crippen LogP contribution in [-0.4, -0.2) is 36.2 Å². The van der Waals surface area contributed by atoms with E-state index in [4.69, 9.17) is 9.57 Å². The Hall–Kier alpha value is -1.62. The van der Waals surface area contributed by atoms with Gasteiger partial charge in [0.2, 0.25) is 5.88 Å². The molecule has 21 heavy (non-hydrogen) atoms. The minimum atomic E-state index is -0.237. The Morgan fingerprint density at radius 1 is 1.29 bits per heavy atom. The molecule has 1 unspecified atom stereocenters. The Kier molecular flexibility index (Phi) is 4.10. The minimum absolute atomic E-state index is 0.186. The highest BCUT2D eigenvalue weighted by molar-refractivity contribution is 5.95. The van der Waals surface area contributed by atoms with Crippen LogP contribution in [0.25, 0.3) is 0 Å². The highest BCUT2D eigenvalue weighted by Gasteiger charge is 2.35. The second kappa shape index (κ2) is 6.02. The van der Waals surface area contributed by atoms with E-state index in [0.717, 1.165) is 24.7 Å². The van der Waals surface area contributed by atoms with E-state index in [1.807, 2.05) is 0 Å². The second-order valence-corrected chi connectivity index (χ2v) is 6.10. The summed E-state index contributed by atoms with van der Waals surface area (Å²) >= 11 is 0. The normalized spacial score (nSPS) is 27.4. The van der Waals surface area contributed by atoms with Crippen LogP contribution in [0.3, 0.4) is 0 Å². The van der Waals surface area contributed by atoms with E-state index in [-0.39, 0.29) is 12.0 Å². The monoisotopic (exact) mass is 290 g/mol. The van der Waals surface area contributed by atoms with E-state index in [0.29, 0.717) is 11.4 Å². The van der Waals surface area contributed by atoms with Crippen LogP contribution < -0.4 is 4.74 Å². The molecule has 1 amide bonds. The molecule has 1 aromatic heterocycles. The fraction of sp³-hybridized carbons (Fsp3) is 0.625. The fourth-order valence-electron chi connectivity index (χ4n) is 3.60. The molecule has 1 aromatic rings. The van der Waals surface area contributed by atoms with Crippen molar-refractivity contribution in [3.8, 4) is 5.88 Å². The number of hydrogen-bond donors (Lipinski definition) is 0. The van der Waals surface area contributed by atoms with E-state index in [1.54, 1.807) is 25.4 Å². The van der Waals surface area contributed by atoms with Gasteiger partial charge in [0, 0.05) is 13.2 Å². The highest BCUT2D eigenvalue weighted by Crippen LogP contribution is 2.43. The zero-order chi connectivity index (χ0) is 14.8. The Balaban J connectivity index is 1.75. The van der Waals surface area contributed by atoms with Gasteiger partial charge in [-0.1, -0.05) is 12.8 Å². The zero-order valence-electron chi connectivity index (χ0n) is 12.6. The van der Waals surface area contributed by atoms with Crippen molar-refractivity contribution in [3.63, 3.8) is 0 Å². The van der Waals surface area contributed by atoms with Crippen molar-refractivity contribution in [1.29, 1.82) is 0 Å². The van der Waals surface area contributed by atoms with Crippen molar-refractivity contribution in [3.05, 3.63) is 23.9 Å². The van der Waals surface area contributed by atoms with Crippen molar-refractivity contribution in [2.75, 3.05) is 14.2 Å². The van der Waals surface area contributed by atoms with E-state index >= 15 is 0 Å². The number of nitrogens with zero attached hydrogens (tertiary/aromatic N) is 2. The number of pyridine rings is 1. The van der Waals surface area contributed by atoms with Gasteiger partial charge in [0.05, 0.1) is 7.11 Å². The molecule has 0 radical (unpaired) electrons. The molecule has 2 fully saturated rings. The van der Waals surface area contributed by atoms with Gasteiger partial charge in [0.15, 0.2) is 0 Å². The molecule has 2 aliphatic rings. The summed E-state index contributed by atoms with van der Waals surface area (Å²) in [6.07, 6.45) is 8.01. The molecule has 114 valence electrons. The van der Waals surface area contributed by atoms with Crippen molar-refractivity contribution in [1.82, 2.24) is 10.0 Å². The molecule has 2 aliphatic carbocycles. The van der Waals surface area contributed by atoms with Crippen LogP contribution >= 0.6 is 0 Å². The van der Waals surface area contributed by atoms with E-state index in [2.05, 4.69) is 4.98 Å². The van der Waals surface area contributed by atoms with E-state index in [9.17, 15) is 4.79 Å². The van der Waals surface area contributed by atoms with Crippen molar-refractivity contribution in [2.45, 2.75) is 38.2 Å². The van der Waals surface area contributed by atoms with Gasteiger partial charge in [-0.3, -0.25) is 9.63 Å². The lowest BCUT2D eigenvalue weighted by Crippen LogP contribution is -2.29. The number of ether oxygens (including phenoxy) is 1. The number of aromatic nitrogens is 1. The molecule has 0 aromatic carbocycles. The highest BCUT2D eigenvalue weighted by atomic mass is 16.7. The number of hydrogen-bond acceptors (Lipinski definition) is 4. The van der Waals surface area contributed by atoms with Gasteiger partial charge in [-0.2, -0.15) is 0 Å². The Labute approximate surface area is 125 Å². The van der Waals surface area contributed by atoms with Gasteiger partial charge >= 0.3 is 0 Å². The smallest absolute Gasteiger partial charge is 0.282 e. The summed E-state index contributed by atoms with van der Waals surface area (Å²) in [4.78, 5) is 21.5. The lowest BCUT2D eigenvalue weighted by Gasteiger charge is -2.28. The quantitative estimate of drug-likeness (QED) is 0.800. The minimum Gasteiger partial charge on any atom is -0.474 e. The largest absolute Gasteiger partial charge is 0.474 e. The maximum atomic E-state index is 12.3. The number of fused-ring (bicyclic) bond motifs is 2. The van der Waals surface area contributed by atoms with Crippen LogP contribution in [0.5, 0.6) is 5.88 Å². The summed E-state index contributed by atoms with van der Waals surface area (Å²) in [7, 11) is 3.05. The topological polar surface area (TPSA) is 51.7 Å². The third kappa shape index (κ3) is 3.02. The fourth-order valence-corrected chi connectivity index (χ4v) is 3.60. The molecule has 5 heteroatoms. The van der Waals surface area contributed by atoms with Crippen molar-refractivity contribution >= 4 is 5.91 Å². The van der Waals surface area contributed by atoms with Gasteiger partial charge in [0.1, 0.15) is 11.7 Å². The van der Waals surface area contributed by atoms with Gasteiger partial charge in [-0.25, -0.2) is 10.0 Å². The predicted molar refractivity (Wildman–Crippen MR) is 77.8 cm³/mol. The van der Waals surface area contributed by atoms with Crippen molar-refractivity contribution < 1.29 is 14.4 Å². The van der Waals surface area contributed by atoms with Gasteiger partial charge in [-0.15, -0.1) is 0 Å². The zero-order valence-corrected chi connectivity index (χ0v) is 12.6. The van der Waals surface area contributed by atoms with E-state index < -0.39 is 0 Å². The van der Waals surface area contributed by atoms with Gasteiger partial charge < -0.3 is 4.74 Å². The average Bonchev–Trinajstić information content (AvgIpc) is 2.85. The average molecular weight is 290 g/mol. The number of carbonyl (C=O) groups excluding carboxylic acids is 1. The Morgan fingerprint density at radius 3 is 2.67 bits per heavy atom. The van der Waals surface area contributed by atoms with Crippen LogP contribution in [0.1, 0.15) is 42.5 Å². The molecule has 3 rings (SSSR count). The second-order valence-electron chi connectivity index (χ2n) is 6.10. The van der Waals surface area contributed by atoms with Crippen LogP contribution in [0.15, 0.2) is 18.3 Å². The van der Waals surface area contributed by atoms with Crippen LogP contribution in [0.2, 0.25) is 0 Å². The molecule has 0 saturated heterocycles. The van der Waals surface area contributed by atoms with Crippen LogP contribution in [-0.2, 0) is 4.84 Å². The molecule has 1 heterocycles. The first kappa shape index (κ1) is 14.3. The number of carbonyl (C=O) groups is 1. The van der Waals surface area contributed by atoms with E-state index in [1.165, 1.54) is 31.4 Å². The lowest BCUT2D eigenvalue weighted by molar-refractivity contribution is -0.0760. The lowest BCUT2D eigenvalue weighted by atomic mass is 9.87. The molecule has 2 bridgehead atoms. The predicted octanol–water partition coefficient (Wildman–Crippen LogP) is 2.67. The first-order chi connectivity index (χ1) is 10.2. The SMILES string of the molecule is CON(C)C(=O)c1cccnc1OC1C[C@H]2CC[C@@H](C1)C2. The summed E-state index contributed by atoms with van der Waals surface area (Å²) in [5.41, 5.74) is 0.458. The van der Waals surface area contributed by atoms with Crippen molar-refractivity contribution in [2.24, 2.45) is 11.8 Å². The van der Waals surface area contributed by atoms with Gasteiger partial charge in [-0.05, 0) is 43.2 Å². The summed E-state index contributed by atoms with van der Waals surface area (Å²) in [5.74, 6) is 1.77. The number of amides is 1. The first-order valence-corrected chi connectivity index (χ1v) is 7.61. The standard InChI is InChI=1S/C16H22N2O3/c1-18(20-2)16(19)14-4-3-7-17-15(14)21-13-9-11-5-6-12(8-11)10-13/h3-4,7,11-13H,5-6,8-10H2,1-2H3/t11-,12+,13?. The third-order valence-corrected chi connectivity index (χ3v) is 4.68. The molecule has 3 atom stereocenters. The summed E-state index contributed by atoms with van der Waals surface area (Å²) in [6.45, 7) is 0. The number of rotatable bonds is 4. The molecule has 0 aliphatic heterocycles. The maximum Gasteiger partial charge on any atom is 0.282 e. The van der Waals surface area contributed by atoms with Crippen LogP contribution in [0.4, 0.5) is 0 Å². The maximum absolute atomic E-state index is 12.3. The molecule has 0 spiro atoms. The molecule has 2 saturated carbocycles. The number of hydroxylamine groups is 2. The van der Waals surface area contributed by atoms with Crippen LogP contribution in [0, 0.1) is 11.8 Å². The Morgan fingerprint density at radius 2 is 2.00 bits per heavy atom. The molecule has 5 nitrogen and oxygen atoms in total.